The summed E-state index contributed by atoms with van der Waals surface area (Å²) in [7, 11) is 2.96. The molecular weight excluding hydrogens is 198 g/mol. The lowest BCUT2D eigenvalue weighted by Gasteiger charge is -2.19. The smallest absolute Gasteiger partial charge is 0.330 e. The Balaban J connectivity index is 2.80. The highest BCUT2D eigenvalue weighted by Gasteiger charge is 2.27. The van der Waals surface area contributed by atoms with Crippen LogP contribution in [-0.2, 0) is 9.59 Å². The van der Waals surface area contributed by atoms with Crippen molar-refractivity contribution >= 4 is 17.6 Å². The van der Waals surface area contributed by atoms with Crippen molar-refractivity contribution in [1.82, 2.24) is 10.3 Å². The molecule has 1 rings (SSSR count). The number of likely N-dealkylation sites (N-methyl/N-ethyl adjacent to an activating group) is 2. The SMILES string of the molecule is CNC(C(=O)O)C(=O)N(C)c1cc[nH]c1. The first kappa shape index (κ1) is 11.3. The third-order valence-electron chi connectivity index (χ3n) is 2.08. The van der Waals surface area contributed by atoms with Gasteiger partial charge in [-0.25, -0.2) is 4.79 Å². The van der Waals surface area contributed by atoms with Crippen LogP contribution in [0.4, 0.5) is 5.69 Å². The van der Waals surface area contributed by atoms with Gasteiger partial charge in [-0.3, -0.25) is 10.1 Å². The molecule has 0 saturated heterocycles. The van der Waals surface area contributed by atoms with E-state index >= 15 is 0 Å². The molecular formula is C9H13N3O3. The Kier molecular flexibility index (Phi) is 3.46. The molecule has 1 amide bonds. The number of carbonyl (C=O) groups excluding carboxylic acids is 1. The van der Waals surface area contributed by atoms with Gasteiger partial charge < -0.3 is 15.0 Å². The Morgan fingerprint density at radius 1 is 1.60 bits per heavy atom. The van der Waals surface area contributed by atoms with E-state index in [-0.39, 0.29) is 0 Å². The van der Waals surface area contributed by atoms with Crippen molar-refractivity contribution in [3.8, 4) is 0 Å². The van der Waals surface area contributed by atoms with Gasteiger partial charge in [0.05, 0.1) is 5.69 Å². The van der Waals surface area contributed by atoms with Crippen molar-refractivity contribution < 1.29 is 14.7 Å². The second kappa shape index (κ2) is 4.61. The van der Waals surface area contributed by atoms with Gasteiger partial charge in [0.2, 0.25) is 0 Å². The lowest BCUT2D eigenvalue weighted by atomic mass is 10.2. The summed E-state index contributed by atoms with van der Waals surface area (Å²) in [5, 5.41) is 11.2. The molecule has 0 aromatic carbocycles. The molecule has 0 spiro atoms. The van der Waals surface area contributed by atoms with E-state index in [0.29, 0.717) is 5.69 Å². The second-order valence-electron chi connectivity index (χ2n) is 3.03. The van der Waals surface area contributed by atoms with Crippen LogP contribution in [0.15, 0.2) is 18.5 Å². The zero-order valence-corrected chi connectivity index (χ0v) is 8.52. The number of nitrogens with one attached hydrogen (secondary N) is 2. The van der Waals surface area contributed by atoms with Gasteiger partial charge in [-0.1, -0.05) is 0 Å². The molecule has 1 atom stereocenters. The minimum absolute atomic E-state index is 0.510. The van der Waals surface area contributed by atoms with Crippen LogP contribution < -0.4 is 10.2 Å². The number of rotatable bonds is 4. The van der Waals surface area contributed by atoms with Crippen LogP contribution in [0.5, 0.6) is 0 Å². The number of aliphatic carboxylic acids is 1. The molecule has 6 nitrogen and oxygen atoms in total. The summed E-state index contributed by atoms with van der Waals surface area (Å²) in [6.45, 7) is 0. The van der Waals surface area contributed by atoms with Crippen molar-refractivity contribution in [3.05, 3.63) is 18.5 Å². The lowest BCUT2D eigenvalue weighted by molar-refractivity contribution is -0.143. The molecule has 0 aliphatic heterocycles. The van der Waals surface area contributed by atoms with Crippen molar-refractivity contribution in [2.45, 2.75) is 6.04 Å². The summed E-state index contributed by atoms with van der Waals surface area (Å²) < 4.78 is 0. The minimum Gasteiger partial charge on any atom is -0.480 e. The maximum atomic E-state index is 11.7. The van der Waals surface area contributed by atoms with Crippen LogP contribution in [0, 0.1) is 0 Å². The zero-order valence-electron chi connectivity index (χ0n) is 8.52. The fourth-order valence-electron chi connectivity index (χ4n) is 1.20. The predicted octanol–water partition coefficient (Wildman–Crippen LogP) is -0.350. The number of hydrogen-bond donors (Lipinski definition) is 3. The average Bonchev–Trinajstić information content (AvgIpc) is 2.69. The van der Waals surface area contributed by atoms with Crippen LogP contribution in [-0.4, -0.2) is 42.1 Å². The largest absolute Gasteiger partial charge is 0.480 e. The number of carboxylic acid groups (broad SMARTS) is 1. The topological polar surface area (TPSA) is 85.4 Å². The molecule has 0 aliphatic rings. The molecule has 0 aliphatic carbocycles. The molecule has 0 saturated carbocycles. The molecule has 1 aromatic rings. The highest BCUT2D eigenvalue weighted by atomic mass is 16.4. The number of aromatic nitrogens is 1. The van der Waals surface area contributed by atoms with E-state index in [1.165, 1.54) is 19.0 Å². The Morgan fingerprint density at radius 2 is 2.27 bits per heavy atom. The summed E-state index contributed by atoms with van der Waals surface area (Å²) in [6, 6.07) is 0.469. The summed E-state index contributed by atoms with van der Waals surface area (Å²) in [6.07, 6.45) is 3.28. The molecule has 3 N–H and O–H groups in total. The van der Waals surface area contributed by atoms with E-state index < -0.39 is 17.9 Å². The Labute approximate surface area is 86.9 Å². The quantitative estimate of drug-likeness (QED) is 0.594. The van der Waals surface area contributed by atoms with Gasteiger partial charge in [0.25, 0.3) is 5.91 Å². The van der Waals surface area contributed by atoms with Crippen LogP contribution in [0.3, 0.4) is 0 Å². The minimum atomic E-state index is -1.22. The van der Waals surface area contributed by atoms with E-state index in [1.54, 1.807) is 18.5 Å². The number of nitrogens with zero attached hydrogens (tertiary/aromatic N) is 1. The fraction of sp³-hybridized carbons (Fsp3) is 0.333. The molecule has 0 radical (unpaired) electrons. The molecule has 0 bridgehead atoms. The maximum absolute atomic E-state index is 11.7. The first-order valence-corrected chi connectivity index (χ1v) is 4.38. The van der Waals surface area contributed by atoms with Crippen molar-refractivity contribution in [1.29, 1.82) is 0 Å². The van der Waals surface area contributed by atoms with Gasteiger partial charge in [-0.05, 0) is 13.1 Å². The summed E-state index contributed by atoms with van der Waals surface area (Å²) in [5.74, 6) is -1.70. The highest BCUT2D eigenvalue weighted by Crippen LogP contribution is 2.11. The Bertz CT molecular complexity index is 347. The predicted molar refractivity (Wildman–Crippen MR) is 54.7 cm³/mol. The monoisotopic (exact) mass is 211 g/mol. The van der Waals surface area contributed by atoms with Crippen molar-refractivity contribution in [2.75, 3.05) is 19.0 Å². The molecule has 82 valence electrons. The third-order valence-corrected chi connectivity index (χ3v) is 2.08. The van der Waals surface area contributed by atoms with Crippen molar-refractivity contribution in [2.24, 2.45) is 0 Å². The number of carboxylic acids is 1. The number of hydrogen-bond acceptors (Lipinski definition) is 3. The number of H-pyrrole nitrogens is 1. The van der Waals surface area contributed by atoms with Gasteiger partial charge in [-0.2, -0.15) is 0 Å². The molecule has 1 aromatic heterocycles. The lowest BCUT2D eigenvalue weighted by Crippen LogP contribution is -2.48. The number of aromatic amines is 1. The van der Waals surface area contributed by atoms with Crippen LogP contribution >= 0.6 is 0 Å². The Hall–Kier alpha value is -1.82. The molecule has 15 heavy (non-hydrogen) atoms. The Morgan fingerprint density at radius 3 is 2.67 bits per heavy atom. The van der Waals surface area contributed by atoms with E-state index in [4.69, 9.17) is 5.11 Å². The number of carbonyl (C=O) groups is 2. The van der Waals surface area contributed by atoms with Crippen LogP contribution in [0.2, 0.25) is 0 Å². The normalized spacial score (nSPS) is 12.1. The average molecular weight is 211 g/mol. The van der Waals surface area contributed by atoms with Crippen LogP contribution in [0.25, 0.3) is 0 Å². The summed E-state index contributed by atoms with van der Waals surface area (Å²) in [4.78, 5) is 26.5. The number of amides is 1. The van der Waals surface area contributed by atoms with Gasteiger partial charge >= 0.3 is 5.97 Å². The standard InChI is InChI=1S/C9H13N3O3/c1-10-7(9(14)15)8(13)12(2)6-3-4-11-5-6/h3-5,7,10-11H,1-2H3,(H,14,15). The first-order valence-electron chi connectivity index (χ1n) is 4.38. The van der Waals surface area contributed by atoms with E-state index in [0.717, 1.165) is 0 Å². The van der Waals surface area contributed by atoms with Crippen molar-refractivity contribution in [3.63, 3.8) is 0 Å². The maximum Gasteiger partial charge on any atom is 0.330 e. The summed E-state index contributed by atoms with van der Waals surface area (Å²) >= 11 is 0. The molecule has 6 heteroatoms. The fourth-order valence-corrected chi connectivity index (χ4v) is 1.20. The third kappa shape index (κ3) is 2.35. The zero-order chi connectivity index (χ0) is 11.4. The van der Waals surface area contributed by atoms with E-state index in [2.05, 4.69) is 10.3 Å². The van der Waals surface area contributed by atoms with Gasteiger partial charge in [0.1, 0.15) is 0 Å². The number of anilines is 1. The van der Waals surface area contributed by atoms with E-state index in [1.807, 2.05) is 0 Å². The molecule has 1 unspecified atom stereocenters. The van der Waals surface area contributed by atoms with Gasteiger partial charge in [0, 0.05) is 19.4 Å². The molecule has 0 fully saturated rings. The second-order valence-corrected chi connectivity index (χ2v) is 3.03. The van der Waals surface area contributed by atoms with E-state index in [9.17, 15) is 9.59 Å². The first-order chi connectivity index (χ1) is 7.07. The van der Waals surface area contributed by atoms with Gasteiger partial charge in [-0.15, -0.1) is 0 Å². The highest BCUT2D eigenvalue weighted by molar-refractivity contribution is 6.08. The van der Waals surface area contributed by atoms with Crippen LogP contribution in [0.1, 0.15) is 0 Å². The van der Waals surface area contributed by atoms with Gasteiger partial charge in [0.15, 0.2) is 6.04 Å². The molecule has 1 heterocycles. The summed E-state index contributed by atoms with van der Waals surface area (Å²) in [5.41, 5.74) is 0.626.